The van der Waals surface area contributed by atoms with E-state index in [-0.39, 0.29) is 5.13 Å². The van der Waals surface area contributed by atoms with Crippen LogP contribution in [0.2, 0.25) is 0 Å². The van der Waals surface area contributed by atoms with E-state index in [1.54, 1.807) is 0 Å². The molecule has 0 spiro atoms. The lowest BCUT2D eigenvalue weighted by Crippen LogP contribution is -2.15. The third-order valence-corrected chi connectivity index (χ3v) is 5.24. The Kier molecular flexibility index (Phi) is 4.15. The molecule has 21 heavy (non-hydrogen) atoms. The first-order chi connectivity index (χ1) is 9.76. The second kappa shape index (κ2) is 5.57. The first kappa shape index (κ1) is 15.6. The van der Waals surface area contributed by atoms with Crippen molar-refractivity contribution >= 4 is 32.2 Å². The molecule has 1 aromatic carbocycles. The van der Waals surface area contributed by atoms with Crippen LogP contribution in [-0.2, 0) is 16.4 Å². The van der Waals surface area contributed by atoms with Gasteiger partial charge in [-0.3, -0.25) is 4.72 Å². The van der Waals surface area contributed by atoms with Crippen LogP contribution in [0.15, 0.2) is 17.0 Å². The number of anilines is 2. The van der Waals surface area contributed by atoms with Gasteiger partial charge in [0.25, 0.3) is 10.0 Å². The molecule has 9 heteroatoms. The lowest BCUT2D eigenvalue weighted by Gasteiger charge is -2.08. The number of nitrogens with one attached hydrogen (secondary N) is 1. The fourth-order valence-electron chi connectivity index (χ4n) is 1.73. The van der Waals surface area contributed by atoms with E-state index in [4.69, 9.17) is 5.73 Å². The Morgan fingerprint density at radius 3 is 2.62 bits per heavy atom. The smallest absolute Gasteiger partial charge is 0.266 e. The van der Waals surface area contributed by atoms with Crippen molar-refractivity contribution in [1.29, 1.82) is 0 Å². The number of halogens is 2. The molecular formula is C12H13F2N3O2S2. The molecule has 0 saturated heterocycles. The van der Waals surface area contributed by atoms with E-state index in [9.17, 15) is 17.2 Å². The zero-order valence-corrected chi connectivity index (χ0v) is 12.9. The average molecular weight is 333 g/mol. The van der Waals surface area contributed by atoms with Crippen molar-refractivity contribution in [2.45, 2.75) is 25.2 Å². The number of nitrogens with two attached hydrogens (primary N) is 1. The van der Waals surface area contributed by atoms with Gasteiger partial charge in [-0.1, -0.05) is 6.92 Å². The maximum Gasteiger partial charge on any atom is 0.266 e. The van der Waals surface area contributed by atoms with Crippen molar-refractivity contribution in [2.75, 3.05) is 10.5 Å². The topological polar surface area (TPSA) is 85.1 Å². The zero-order chi connectivity index (χ0) is 15.8. The summed E-state index contributed by atoms with van der Waals surface area (Å²) in [6.07, 6.45) is 0.655. The minimum atomic E-state index is -4.22. The maximum absolute atomic E-state index is 13.8. The number of sulfonamides is 1. The number of benzene rings is 1. The summed E-state index contributed by atoms with van der Waals surface area (Å²) in [5.41, 5.74) is 5.10. The van der Waals surface area contributed by atoms with Crippen molar-refractivity contribution in [1.82, 2.24) is 4.98 Å². The third-order valence-electron chi connectivity index (χ3n) is 2.83. The molecule has 2 rings (SSSR count). The largest absolute Gasteiger partial charge is 0.394 e. The number of thiazole rings is 1. The van der Waals surface area contributed by atoms with Crippen LogP contribution in [0.4, 0.5) is 19.6 Å². The van der Waals surface area contributed by atoms with Crippen molar-refractivity contribution in [2.24, 2.45) is 0 Å². The van der Waals surface area contributed by atoms with Gasteiger partial charge in [0, 0.05) is 4.88 Å². The van der Waals surface area contributed by atoms with E-state index >= 15 is 0 Å². The summed E-state index contributed by atoms with van der Waals surface area (Å²) >= 11 is 1.14. The molecule has 114 valence electrons. The summed E-state index contributed by atoms with van der Waals surface area (Å²) in [4.78, 5) is 4.26. The van der Waals surface area contributed by atoms with E-state index in [0.29, 0.717) is 6.42 Å². The van der Waals surface area contributed by atoms with Crippen LogP contribution in [0.25, 0.3) is 0 Å². The number of hydrogen-bond donors (Lipinski definition) is 2. The molecule has 1 heterocycles. The highest BCUT2D eigenvalue weighted by atomic mass is 32.2. The molecule has 0 saturated carbocycles. The lowest BCUT2D eigenvalue weighted by molar-refractivity contribution is 0.557. The molecule has 2 aromatic rings. The highest BCUT2D eigenvalue weighted by molar-refractivity contribution is 7.93. The molecule has 0 radical (unpaired) electrons. The molecule has 0 unspecified atom stereocenters. The van der Waals surface area contributed by atoms with Crippen molar-refractivity contribution in [3.8, 4) is 0 Å². The van der Waals surface area contributed by atoms with Crippen molar-refractivity contribution in [3.63, 3.8) is 0 Å². The van der Waals surface area contributed by atoms with Crippen LogP contribution >= 0.6 is 11.3 Å². The fraction of sp³-hybridized carbons (Fsp3) is 0.250. The van der Waals surface area contributed by atoms with Crippen LogP contribution < -0.4 is 10.5 Å². The minimum Gasteiger partial charge on any atom is -0.394 e. The van der Waals surface area contributed by atoms with Gasteiger partial charge in [0.15, 0.2) is 10.9 Å². The molecule has 0 atom stereocenters. The Morgan fingerprint density at radius 2 is 2.05 bits per heavy atom. The Labute approximate surface area is 124 Å². The maximum atomic E-state index is 13.8. The van der Waals surface area contributed by atoms with Crippen LogP contribution in [0, 0.1) is 18.6 Å². The van der Waals surface area contributed by atoms with Crippen molar-refractivity contribution < 1.29 is 17.2 Å². The van der Waals surface area contributed by atoms with Gasteiger partial charge in [-0.15, -0.1) is 11.3 Å². The first-order valence-corrected chi connectivity index (χ1v) is 8.28. The highest BCUT2D eigenvalue weighted by Crippen LogP contribution is 2.27. The second-order valence-electron chi connectivity index (χ2n) is 4.25. The zero-order valence-electron chi connectivity index (χ0n) is 11.3. The Balaban J connectivity index is 2.41. The van der Waals surface area contributed by atoms with E-state index < -0.39 is 32.2 Å². The van der Waals surface area contributed by atoms with Gasteiger partial charge in [0.1, 0.15) is 16.4 Å². The molecule has 0 amide bonds. The van der Waals surface area contributed by atoms with Gasteiger partial charge in [-0.25, -0.2) is 22.2 Å². The van der Waals surface area contributed by atoms with Crippen LogP contribution in [0.1, 0.15) is 17.5 Å². The Hall–Kier alpha value is -1.74. The number of nitrogen functional groups attached to an aromatic ring is 1. The average Bonchev–Trinajstić information content (AvgIpc) is 2.74. The molecule has 0 aliphatic carbocycles. The lowest BCUT2D eigenvalue weighted by atomic mass is 10.3. The van der Waals surface area contributed by atoms with E-state index in [1.165, 1.54) is 0 Å². The first-order valence-electron chi connectivity index (χ1n) is 5.99. The predicted molar refractivity (Wildman–Crippen MR) is 77.8 cm³/mol. The number of aryl methyl sites for hydroxylation is 2. The third kappa shape index (κ3) is 2.98. The molecule has 0 aliphatic heterocycles. The summed E-state index contributed by atoms with van der Waals surface area (Å²) in [7, 11) is -4.22. The van der Waals surface area contributed by atoms with Gasteiger partial charge in [0.05, 0.1) is 5.69 Å². The Morgan fingerprint density at radius 1 is 1.38 bits per heavy atom. The number of nitrogens with zero attached hydrogens (tertiary/aromatic N) is 1. The summed E-state index contributed by atoms with van der Waals surface area (Å²) in [6, 6.07) is 1.63. The van der Waals surface area contributed by atoms with Gasteiger partial charge in [-0.05, 0) is 25.5 Å². The van der Waals surface area contributed by atoms with E-state index in [1.807, 2.05) is 13.8 Å². The minimum absolute atomic E-state index is 0.131. The normalized spacial score (nSPS) is 11.6. The molecule has 5 nitrogen and oxygen atoms in total. The quantitative estimate of drug-likeness (QED) is 0.843. The summed E-state index contributed by atoms with van der Waals surface area (Å²) in [5, 5.41) is 0.131. The van der Waals surface area contributed by atoms with Crippen LogP contribution in [0.5, 0.6) is 0 Å². The van der Waals surface area contributed by atoms with Crippen molar-refractivity contribution in [3.05, 3.63) is 34.3 Å². The van der Waals surface area contributed by atoms with E-state index in [2.05, 4.69) is 9.71 Å². The number of aromatic nitrogens is 1. The SMILES string of the molecule is CCc1nc(NS(=O)(=O)c2ccc(F)c(N)c2F)sc1C. The monoisotopic (exact) mass is 333 g/mol. The Bertz CT molecular complexity index is 788. The summed E-state index contributed by atoms with van der Waals surface area (Å²) < 4.78 is 53.3. The van der Waals surface area contributed by atoms with Gasteiger partial charge < -0.3 is 5.73 Å². The molecular weight excluding hydrogens is 320 g/mol. The van der Waals surface area contributed by atoms with Gasteiger partial charge >= 0.3 is 0 Å². The molecule has 3 N–H and O–H groups in total. The molecule has 1 aromatic heterocycles. The highest BCUT2D eigenvalue weighted by Gasteiger charge is 2.24. The molecule has 0 aliphatic rings. The molecule has 0 bridgehead atoms. The van der Waals surface area contributed by atoms with E-state index in [0.717, 1.165) is 34.0 Å². The standard InChI is InChI=1S/C12H13F2N3O2S2/c1-3-8-6(2)20-12(16-8)17-21(18,19)9-5-4-7(13)11(15)10(9)14/h4-5H,3,15H2,1-2H3,(H,16,17). The van der Waals surface area contributed by atoms with Crippen LogP contribution in [-0.4, -0.2) is 13.4 Å². The van der Waals surface area contributed by atoms with Gasteiger partial charge in [0.2, 0.25) is 0 Å². The summed E-state index contributed by atoms with van der Waals surface area (Å²) in [6.45, 7) is 3.70. The number of rotatable bonds is 4. The van der Waals surface area contributed by atoms with Crippen LogP contribution in [0.3, 0.4) is 0 Å². The summed E-state index contributed by atoms with van der Waals surface area (Å²) in [5.74, 6) is -2.32. The predicted octanol–water partition coefficient (Wildman–Crippen LogP) is 2.68. The second-order valence-corrected chi connectivity index (χ2v) is 7.11. The molecule has 0 fully saturated rings. The van der Waals surface area contributed by atoms with Gasteiger partial charge in [-0.2, -0.15) is 0 Å². The fourth-order valence-corrected chi connectivity index (χ4v) is 3.95. The number of hydrogen-bond acceptors (Lipinski definition) is 5.